The van der Waals surface area contributed by atoms with E-state index in [4.69, 9.17) is 16.7 Å². The van der Waals surface area contributed by atoms with Crippen LogP contribution in [0.2, 0.25) is 5.15 Å². The summed E-state index contributed by atoms with van der Waals surface area (Å²) in [6.45, 7) is 2.59. The number of benzene rings is 1. The Bertz CT molecular complexity index is 533. The molecule has 0 saturated carbocycles. The van der Waals surface area contributed by atoms with Crippen LogP contribution < -0.4 is 0 Å². The molecule has 0 unspecified atom stereocenters. The summed E-state index contributed by atoms with van der Waals surface area (Å²) in [5, 5.41) is 13.8. The van der Waals surface area contributed by atoms with Crippen LogP contribution in [0.1, 0.15) is 17.3 Å². The molecule has 0 aliphatic rings. The standard InChI is InChI=1S/C10H9ClN2O2/c1-2-13-7-5-3-4-6(10(14)15)8(7)9(11)12-13/h3-5H,2H2,1H3,(H,14,15). The highest BCUT2D eigenvalue weighted by molar-refractivity contribution is 6.35. The number of fused-ring (bicyclic) bond motifs is 1. The van der Waals surface area contributed by atoms with Gasteiger partial charge in [-0.05, 0) is 19.1 Å². The smallest absolute Gasteiger partial charge is 0.336 e. The van der Waals surface area contributed by atoms with Crippen molar-refractivity contribution in [2.75, 3.05) is 0 Å². The highest BCUT2D eigenvalue weighted by Crippen LogP contribution is 2.26. The molecule has 78 valence electrons. The van der Waals surface area contributed by atoms with Crippen molar-refractivity contribution in [1.29, 1.82) is 0 Å². The molecule has 1 aromatic carbocycles. The Balaban J connectivity index is 2.86. The first-order valence-corrected chi connectivity index (χ1v) is 4.91. The second-order valence-electron chi connectivity index (χ2n) is 3.11. The number of hydrogen-bond donors (Lipinski definition) is 1. The van der Waals surface area contributed by atoms with Crippen LogP contribution in [0.15, 0.2) is 18.2 Å². The van der Waals surface area contributed by atoms with E-state index in [-0.39, 0.29) is 10.7 Å². The number of hydrogen-bond acceptors (Lipinski definition) is 2. The van der Waals surface area contributed by atoms with Crippen LogP contribution in [0.3, 0.4) is 0 Å². The Hall–Kier alpha value is -1.55. The molecular weight excluding hydrogens is 216 g/mol. The first-order chi connectivity index (χ1) is 7.15. The fourth-order valence-corrected chi connectivity index (χ4v) is 1.89. The van der Waals surface area contributed by atoms with Crippen molar-refractivity contribution in [3.8, 4) is 0 Å². The van der Waals surface area contributed by atoms with Gasteiger partial charge in [-0.2, -0.15) is 5.10 Å². The highest BCUT2D eigenvalue weighted by Gasteiger charge is 2.15. The Morgan fingerprint density at radius 2 is 2.33 bits per heavy atom. The van der Waals surface area contributed by atoms with E-state index >= 15 is 0 Å². The van der Waals surface area contributed by atoms with E-state index in [1.165, 1.54) is 6.07 Å². The van der Waals surface area contributed by atoms with Gasteiger partial charge >= 0.3 is 5.97 Å². The molecule has 5 heteroatoms. The lowest BCUT2D eigenvalue weighted by molar-refractivity contribution is 0.0699. The zero-order valence-electron chi connectivity index (χ0n) is 8.07. The summed E-state index contributed by atoms with van der Waals surface area (Å²) in [6.07, 6.45) is 0. The van der Waals surface area contributed by atoms with E-state index in [1.807, 2.05) is 13.0 Å². The molecule has 0 aliphatic heterocycles. The zero-order chi connectivity index (χ0) is 11.0. The van der Waals surface area contributed by atoms with Gasteiger partial charge in [-0.3, -0.25) is 4.68 Å². The van der Waals surface area contributed by atoms with Crippen LogP contribution in [0.25, 0.3) is 10.9 Å². The van der Waals surface area contributed by atoms with Crippen molar-refractivity contribution < 1.29 is 9.90 Å². The monoisotopic (exact) mass is 224 g/mol. The number of carboxylic acid groups (broad SMARTS) is 1. The number of rotatable bonds is 2. The molecule has 1 heterocycles. The van der Waals surface area contributed by atoms with Gasteiger partial charge < -0.3 is 5.11 Å². The quantitative estimate of drug-likeness (QED) is 0.852. The van der Waals surface area contributed by atoms with Crippen LogP contribution in [-0.2, 0) is 6.54 Å². The number of carbonyl (C=O) groups is 1. The van der Waals surface area contributed by atoms with E-state index in [9.17, 15) is 4.79 Å². The molecule has 0 saturated heterocycles. The van der Waals surface area contributed by atoms with Gasteiger partial charge in [-0.25, -0.2) is 4.79 Å². The van der Waals surface area contributed by atoms with E-state index in [0.717, 1.165) is 5.52 Å². The van der Waals surface area contributed by atoms with Gasteiger partial charge in [0.05, 0.1) is 16.5 Å². The predicted octanol–water partition coefficient (Wildman–Crippen LogP) is 2.41. The van der Waals surface area contributed by atoms with Gasteiger partial charge in [0.1, 0.15) is 0 Å². The number of carboxylic acids is 1. The summed E-state index contributed by atoms with van der Waals surface area (Å²) in [6, 6.07) is 5.03. The molecular formula is C10H9ClN2O2. The topological polar surface area (TPSA) is 55.1 Å². The fraction of sp³-hybridized carbons (Fsp3) is 0.200. The number of aryl methyl sites for hydroxylation is 1. The largest absolute Gasteiger partial charge is 0.478 e. The minimum atomic E-state index is -0.988. The first-order valence-electron chi connectivity index (χ1n) is 4.53. The average Bonchev–Trinajstić information content (AvgIpc) is 2.55. The molecule has 2 rings (SSSR count). The normalized spacial score (nSPS) is 10.8. The minimum Gasteiger partial charge on any atom is -0.478 e. The Kier molecular flexibility index (Phi) is 2.36. The van der Waals surface area contributed by atoms with Crippen LogP contribution >= 0.6 is 11.6 Å². The van der Waals surface area contributed by atoms with Crippen molar-refractivity contribution in [2.45, 2.75) is 13.5 Å². The molecule has 0 bridgehead atoms. The van der Waals surface area contributed by atoms with Gasteiger partial charge in [0, 0.05) is 6.54 Å². The lowest BCUT2D eigenvalue weighted by atomic mass is 10.1. The summed E-state index contributed by atoms with van der Waals surface area (Å²) in [4.78, 5) is 11.0. The number of nitrogens with zero attached hydrogens (tertiary/aromatic N) is 2. The molecule has 2 aromatic rings. The molecule has 0 radical (unpaired) electrons. The lowest BCUT2D eigenvalue weighted by Crippen LogP contribution is -1.98. The maximum absolute atomic E-state index is 11.0. The molecule has 1 N–H and O–H groups in total. The van der Waals surface area contributed by atoms with Crippen molar-refractivity contribution >= 4 is 28.5 Å². The second-order valence-corrected chi connectivity index (χ2v) is 3.47. The van der Waals surface area contributed by atoms with Crippen LogP contribution in [-0.4, -0.2) is 20.9 Å². The molecule has 0 spiro atoms. The first kappa shape index (κ1) is 9.98. The third-order valence-corrected chi connectivity index (χ3v) is 2.53. The van der Waals surface area contributed by atoms with Gasteiger partial charge in [0.2, 0.25) is 0 Å². The third kappa shape index (κ3) is 1.47. The molecule has 1 aromatic heterocycles. The van der Waals surface area contributed by atoms with E-state index in [0.29, 0.717) is 11.9 Å². The Morgan fingerprint density at radius 1 is 1.60 bits per heavy atom. The van der Waals surface area contributed by atoms with Crippen molar-refractivity contribution in [3.05, 3.63) is 28.9 Å². The second kappa shape index (κ2) is 3.55. The van der Waals surface area contributed by atoms with E-state index in [2.05, 4.69) is 5.10 Å². The zero-order valence-corrected chi connectivity index (χ0v) is 8.82. The molecule has 0 fully saturated rings. The van der Waals surface area contributed by atoms with Crippen molar-refractivity contribution in [2.24, 2.45) is 0 Å². The van der Waals surface area contributed by atoms with E-state index < -0.39 is 5.97 Å². The van der Waals surface area contributed by atoms with Gasteiger partial charge in [-0.1, -0.05) is 17.7 Å². The molecule has 0 atom stereocenters. The number of aromatic carboxylic acids is 1. The highest BCUT2D eigenvalue weighted by atomic mass is 35.5. The Labute approximate surface area is 91.1 Å². The van der Waals surface area contributed by atoms with Crippen LogP contribution in [0, 0.1) is 0 Å². The van der Waals surface area contributed by atoms with E-state index in [1.54, 1.807) is 10.7 Å². The molecule has 0 amide bonds. The Morgan fingerprint density at radius 3 is 2.93 bits per heavy atom. The summed E-state index contributed by atoms with van der Waals surface area (Å²) in [5.74, 6) is -0.988. The van der Waals surface area contributed by atoms with Crippen molar-refractivity contribution in [1.82, 2.24) is 9.78 Å². The van der Waals surface area contributed by atoms with Crippen LogP contribution in [0.4, 0.5) is 0 Å². The fourth-order valence-electron chi connectivity index (χ4n) is 1.60. The summed E-state index contributed by atoms with van der Waals surface area (Å²) in [7, 11) is 0. The maximum Gasteiger partial charge on any atom is 0.336 e. The predicted molar refractivity (Wildman–Crippen MR) is 57.4 cm³/mol. The van der Waals surface area contributed by atoms with Crippen molar-refractivity contribution in [3.63, 3.8) is 0 Å². The summed E-state index contributed by atoms with van der Waals surface area (Å²) >= 11 is 5.91. The summed E-state index contributed by atoms with van der Waals surface area (Å²) in [5.41, 5.74) is 0.944. The van der Waals surface area contributed by atoms with Gasteiger partial charge in [0.15, 0.2) is 5.15 Å². The number of halogens is 1. The third-order valence-electron chi connectivity index (χ3n) is 2.27. The van der Waals surface area contributed by atoms with Gasteiger partial charge in [-0.15, -0.1) is 0 Å². The molecule has 0 aliphatic carbocycles. The maximum atomic E-state index is 11.0. The summed E-state index contributed by atoms with van der Waals surface area (Å²) < 4.78 is 1.68. The molecule has 15 heavy (non-hydrogen) atoms. The SMILES string of the molecule is CCn1nc(Cl)c2c(C(=O)O)cccc21. The van der Waals surface area contributed by atoms with Crippen LogP contribution in [0.5, 0.6) is 0 Å². The number of aromatic nitrogens is 2. The average molecular weight is 225 g/mol. The van der Waals surface area contributed by atoms with Gasteiger partial charge in [0.25, 0.3) is 0 Å². The molecule has 4 nitrogen and oxygen atoms in total. The lowest BCUT2D eigenvalue weighted by Gasteiger charge is -1.99. The minimum absolute atomic E-state index is 0.192.